The molecular formula is C27H27ClF6N8O3. The Labute approximate surface area is 257 Å². The summed E-state index contributed by atoms with van der Waals surface area (Å²) in [6.45, 7) is 2.31. The largest absolute Gasteiger partial charge is 0.491 e. The number of anilines is 3. The minimum atomic E-state index is -5.30. The number of nitrogens with one attached hydrogen (secondary N) is 1. The number of esters is 2. The SMILES string of the molecule is CN(C)CCNc1nc(N2CCN(C=CC(=O)OC(=O)C(F)(F)F)CC2)c2cc(Cl)c(-c3nc(N)ccc3C(F)(F)F)cc2n1. The van der Waals surface area contributed by atoms with Gasteiger partial charge in [0.15, 0.2) is 0 Å². The molecule has 0 aliphatic carbocycles. The van der Waals surface area contributed by atoms with Crippen molar-refractivity contribution in [1.29, 1.82) is 0 Å². The molecule has 45 heavy (non-hydrogen) atoms. The summed E-state index contributed by atoms with van der Waals surface area (Å²) in [4.78, 5) is 41.0. The van der Waals surface area contributed by atoms with Crippen LogP contribution < -0.4 is 16.0 Å². The van der Waals surface area contributed by atoms with Gasteiger partial charge >= 0.3 is 24.3 Å². The summed E-state index contributed by atoms with van der Waals surface area (Å²) in [5, 5.41) is 3.51. The fourth-order valence-corrected chi connectivity index (χ4v) is 4.62. The molecule has 0 saturated carbocycles. The Hall–Kier alpha value is -4.38. The monoisotopic (exact) mass is 660 g/mol. The highest BCUT2D eigenvalue weighted by molar-refractivity contribution is 6.34. The van der Waals surface area contributed by atoms with Crippen LogP contribution in [0.5, 0.6) is 0 Å². The highest BCUT2D eigenvalue weighted by Crippen LogP contribution is 2.41. The number of hydrogen-bond acceptors (Lipinski definition) is 11. The molecule has 1 aromatic carbocycles. The second-order valence-corrected chi connectivity index (χ2v) is 10.5. The van der Waals surface area contributed by atoms with Crippen LogP contribution in [0, 0.1) is 0 Å². The van der Waals surface area contributed by atoms with Gasteiger partial charge in [0.25, 0.3) is 0 Å². The Morgan fingerprint density at radius 1 is 1.07 bits per heavy atom. The van der Waals surface area contributed by atoms with Gasteiger partial charge in [-0.05, 0) is 38.4 Å². The van der Waals surface area contributed by atoms with Gasteiger partial charge in [-0.3, -0.25) is 0 Å². The molecule has 4 rings (SSSR count). The number of hydrogen-bond donors (Lipinski definition) is 2. The Balaban J connectivity index is 1.65. The minimum Gasteiger partial charge on any atom is -0.384 e. The van der Waals surface area contributed by atoms with Gasteiger partial charge in [0, 0.05) is 62.5 Å². The van der Waals surface area contributed by atoms with Crippen molar-refractivity contribution < 1.29 is 40.7 Å². The van der Waals surface area contributed by atoms with Crippen molar-refractivity contribution in [2.24, 2.45) is 0 Å². The van der Waals surface area contributed by atoms with Crippen LogP contribution in [0.25, 0.3) is 22.2 Å². The van der Waals surface area contributed by atoms with Gasteiger partial charge in [-0.2, -0.15) is 31.3 Å². The lowest BCUT2D eigenvalue weighted by Gasteiger charge is -2.35. The number of halogens is 7. The Kier molecular flexibility index (Phi) is 9.92. The molecule has 1 aliphatic rings. The van der Waals surface area contributed by atoms with Crippen molar-refractivity contribution in [2.45, 2.75) is 12.4 Å². The normalized spacial score (nSPS) is 14.4. The predicted molar refractivity (Wildman–Crippen MR) is 154 cm³/mol. The zero-order valence-electron chi connectivity index (χ0n) is 23.8. The van der Waals surface area contributed by atoms with E-state index in [0.29, 0.717) is 56.5 Å². The van der Waals surface area contributed by atoms with Crippen molar-refractivity contribution in [3.8, 4) is 11.3 Å². The topological polar surface area (TPSA) is 130 Å². The number of benzene rings is 1. The van der Waals surface area contributed by atoms with E-state index >= 15 is 0 Å². The van der Waals surface area contributed by atoms with Gasteiger partial charge in [0.05, 0.1) is 21.8 Å². The van der Waals surface area contributed by atoms with Gasteiger partial charge in [0.1, 0.15) is 11.6 Å². The second kappa shape index (κ2) is 13.3. The fourth-order valence-electron chi connectivity index (χ4n) is 4.37. The van der Waals surface area contributed by atoms with E-state index in [2.05, 4.69) is 25.0 Å². The Morgan fingerprint density at radius 3 is 2.38 bits per heavy atom. The van der Waals surface area contributed by atoms with Crippen molar-refractivity contribution in [3.05, 3.63) is 47.1 Å². The molecule has 0 atom stereocenters. The lowest BCUT2D eigenvalue weighted by Crippen LogP contribution is -2.44. The summed E-state index contributed by atoms with van der Waals surface area (Å²) < 4.78 is 82.3. The molecule has 0 bridgehead atoms. The number of nitrogen functional groups attached to an aromatic ring is 1. The van der Waals surface area contributed by atoms with Gasteiger partial charge in [-0.1, -0.05) is 11.6 Å². The summed E-state index contributed by atoms with van der Waals surface area (Å²) in [6.07, 6.45) is -8.10. The molecule has 242 valence electrons. The van der Waals surface area contributed by atoms with Crippen molar-refractivity contribution in [2.75, 3.05) is 69.3 Å². The molecule has 0 amide bonds. The summed E-state index contributed by atoms with van der Waals surface area (Å²) in [5.41, 5.74) is 4.50. The Bertz CT molecular complexity index is 1610. The number of piperazine rings is 1. The van der Waals surface area contributed by atoms with E-state index in [1.165, 1.54) is 18.3 Å². The van der Waals surface area contributed by atoms with Crippen molar-refractivity contribution in [1.82, 2.24) is 24.8 Å². The maximum Gasteiger partial charge on any atom is 0.491 e. The van der Waals surface area contributed by atoms with E-state index in [4.69, 9.17) is 17.3 Å². The van der Waals surface area contributed by atoms with Crippen LogP contribution in [0.3, 0.4) is 0 Å². The molecule has 3 aromatic rings. The average molecular weight is 661 g/mol. The molecule has 0 radical (unpaired) electrons. The van der Waals surface area contributed by atoms with E-state index < -0.39 is 35.5 Å². The average Bonchev–Trinajstić information content (AvgIpc) is 2.94. The number of nitrogens with zero attached hydrogens (tertiary/aromatic N) is 6. The predicted octanol–water partition coefficient (Wildman–Crippen LogP) is 4.19. The van der Waals surface area contributed by atoms with Gasteiger partial charge in [-0.25, -0.2) is 19.6 Å². The van der Waals surface area contributed by atoms with Crippen molar-refractivity contribution >= 4 is 52.0 Å². The van der Waals surface area contributed by atoms with E-state index in [0.717, 1.165) is 12.1 Å². The van der Waals surface area contributed by atoms with E-state index in [-0.39, 0.29) is 27.9 Å². The number of carbonyl (C=O) groups is 2. The van der Waals surface area contributed by atoms with Crippen LogP contribution in [0.1, 0.15) is 5.56 Å². The molecule has 0 unspecified atom stereocenters. The first-order valence-corrected chi connectivity index (χ1v) is 13.6. The lowest BCUT2D eigenvalue weighted by molar-refractivity contribution is -0.200. The summed E-state index contributed by atoms with van der Waals surface area (Å²) in [5.74, 6) is -3.57. The number of alkyl halides is 6. The van der Waals surface area contributed by atoms with Gasteiger partial charge in [-0.15, -0.1) is 0 Å². The number of ether oxygens (including phenoxy) is 1. The third-order valence-electron chi connectivity index (χ3n) is 6.54. The maximum absolute atomic E-state index is 13.9. The van der Waals surface area contributed by atoms with Gasteiger partial charge < -0.3 is 30.5 Å². The smallest absolute Gasteiger partial charge is 0.384 e. The van der Waals surface area contributed by atoms with Crippen LogP contribution in [-0.4, -0.2) is 96.2 Å². The lowest BCUT2D eigenvalue weighted by atomic mass is 10.0. The standard InChI is InChI=1S/C27H27ClF6N8O3/c1-40(2)8-6-36-25-37-19-14-15(22-17(26(29,30)31)3-4-20(35)38-22)18(28)13-16(19)23(39-25)42-11-9-41(10-12-42)7-5-21(43)45-24(44)27(32,33)34/h3-5,7,13-14H,6,8-12H2,1-2H3,(H2,35,38)(H,36,37,39). The summed E-state index contributed by atoms with van der Waals surface area (Å²) in [7, 11) is 3.75. The Morgan fingerprint density at radius 2 is 1.76 bits per heavy atom. The fraction of sp³-hybridized carbons (Fsp3) is 0.370. The van der Waals surface area contributed by atoms with Gasteiger partial charge in [0.2, 0.25) is 5.95 Å². The first kappa shape index (κ1) is 33.5. The number of nitrogens with two attached hydrogens (primary N) is 1. The first-order valence-electron chi connectivity index (χ1n) is 13.3. The van der Waals surface area contributed by atoms with Crippen LogP contribution in [0.4, 0.5) is 43.9 Å². The molecule has 1 fully saturated rings. The van der Waals surface area contributed by atoms with Crippen LogP contribution in [0.2, 0.25) is 5.02 Å². The number of fused-ring (bicyclic) bond motifs is 1. The molecule has 11 nitrogen and oxygen atoms in total. The minimum absolute atomic E-state index is 0.0291. The molecule has 1 aliphatic heterocycles. The number of rotatable bonds is 8. The van der Waals surface area contributed by atoms with Crippen LogP contribution in [0.15, 0.2) is 36.5 Å². The number of carbonyl (C=O) groups excluding carboxylic acids is 2. The number of pyridine rings is 1. The first-order chi connectivity index (χ1) is 21.0. The quantitative estimate of drug-likeness (QED) is 0.156. The van der Waals surface area contributed by atoms with E-state index in [1.807, 2.05) is 23.9 Å². The zero-order valence-corrected chi connectivity index (χ0v) is 24.6. The van der Waals surface area contributed by atoms with Crippen LogP contribution >= 0.6 is 11.6 Å². The molecular weight excluding hydrogens is 634 g/mol. The number of aromatic nitrogens is 3. The molecule has 1 saturated heterocycles. The molecule has 0 spiro atoms. The second-order valence-electron chi connectivity index (χ2n) is 10.1. The molecule has 3 heterocycles. The summed E-state index contributed by atoms with van der Waals surface area (Å²) >= 11 is 6.54. The van der Waals surface area contributed by atoms with E-state index in [9.17, 15) is 35.9 Å². The maximum atomic E-state index is 13.9. The van der Waals surface area contributed by atoms with Crippen molar-refractivity contribution in [3.63, 3.8) is 0 Å². The van der Waals surface area contributed by atoms with Crippen LogP contribution in [-0.2, 0) is 20.5 Å². The third kappa shape index (κ3) is 8.42. The molecule has 3 N–H and O–H groups in total. The highest BCUT2D eigenvalue weighted by atomic mass is 35.5. The molecule has 18 heteroatoms. The molecule has 2 aromatic heterocycles. The zero-order chi connectivity index (χ0) is 33.1. The number of likely N-dealkylation sites (N-methyl/N-ethyl adjacent to an activating group) is 1. The highest BCUT2D eigenvalue weighted by Gasteiger charge is 2.42. The summed E-state index contributed by atoms with van der Waals surface area (Å²) in [6, 6.07) is 4.73. The van der Waals surface area contributed by atoms with E-state index in [1.54, 1.807) is 4.90 Å². The third-order valence-corrected chi connectivity index (χ3v) is 6.86.